The van der Waals surface area contributed by atoms with E-state index >= 15 is 0 Å². The number of hydrogen-bond acceptors (Lipinski definition) is 3. The molecule has 0 spiro atoms. The summed E-state index contributed by atoms with van der Waals surface area (Å²) in [5.74, 6) is 0.515. The van der Waals surface area contributed by atoms with Gasteiger partial charge >= 0.3 is 5.97 Å². The predicted molar refractivity (Wildman–Crippen MR) is 80.2 cm³/mol. The predicted octanol–water partition coefficient (Wildman–Crippen LogP) is 3.14. The summed E-state index contributed by atoms with van der Waals surface area (Å²) in [6.45, 7) is 5.29. The second kappa shape index (κ2) is 7.44. The quantitative estimate of drug-likeness (QED) is 0.811. The van der Waals surface area contributed by atoms with Crippen molar-refractivity contribution in [2.45, 2.75) is 45.8 Å². The van der Waals surface area contributed by atoms with Gasteiger partial charge in [0, 0.05) is 12.6 Å². The average Bonchev–Trinajstić information content (AvgIpc) is 2.88. The SMILES string of the molecule is CC(CNC1CCCC1C)C(=O)OCc1ccccc1. The van der Waals surface area contributed by atoms with Gasteiger partial charge in [-0.1, -0.05) is 50.6 Å². The lowest BCUT2D eigenvalue weighted by Crippen LogP contribution is -2.36. The van der Waals surface area contributed by atoms with Crippen LogP contribution in [0.1, 0.15) is 38.7 Å². The second-order valence-electron chi connectivity index (χ2n) is 5.92. The van der Waals surface area contributed by atoms with Crippen molar-refractivity contribution in [3.63, 3.8) is 0 Å². The summed E-state index contributed by atoms with van der Waals surface area (Å²) in [6.07, 6.45) is 3.82. The van der Waals surface area contributed by atoms with Crippen molar-refractivity contribution < 1.29 is 9.53 Å². The number of esters is 1. The Kier molecular flexibility index (Phi) is 5.60. The first-order valence-corrected chi connectivity index (χ1v) is 7.60. The number of carbonyl (C=O) groups is 1. The van der Waals surface area contributed by atoms with E-state index in [9.17, 15) is 4.79 Å². The molecule has 20 heavy (non-hydrogen) atoms. The Balaban J connectivity index is 1.69. The number of hydrogen-bond donors (Lipinski definition) is 1. The van der Waals surface area contributed by atoms with E-state index in [1.165, 1.54) is 19.3 Å². The molecule has 110 valence electrons. The third kappa shape index (κ3) is 4.34. The van der Waals surface area contributed by atoms with Crippen molar-refractivity contribution in [2.24, 2.45) is 11.8 Å². The Labute approximate surface area is 121 Å². The van der Waals surface area contributed by atoms with Gasteiger partial charge in [-0.2, -0.15) is 0 Å². The van der Waals surface area contributed by atoms with Gasteiger partial charge in [0.25, 0.3) is 0 Å². The lowest BCUT2D eigenvalue weighted by atomic mass is 10.1. The molecule has 1 aliphatic carbocycles. The summed E-state index contributed by atoms with van der Waals surface area (Å²) in [5, 5.41) is 3.51. The molecule has 1 saturated carbocycles. The first-order valence-electron chi connectivity index (χ1n) is 7.60. The molecule has 3 heteroatoms. The Morgan fingerprint density at radius 3 is 2.75 bits per heavy atom. The molecule has 0 saturated heterocycles. The summed E-state index contributed by atoms with van der Waals surface area (Å²) in [4.78, 5) is 11.9. The fourth-order valence-corrected chi connectivity index (χ4v) is 2.73. The molecule has 2 rings (SSSR count). The van der Waals surface area contributed by atoms with Crippen molar-refractivity contribution in [3.05, 3.63) is 35.9 Å². The van der Waals surface area contributed by atoms with Crippen molar-refractivity contribution in [2.75, 3.05) is 6.54 Å². The van der Waals surface area contributed by atoms with Crippen LogP contribution in [-0.2, 0) is 16.1 Å². The van der Waals surface area contributed by atoms with Gasteiger partial charge in [0.15, 0.2) is 0 Å². The molecule has 0 amide bonds. The molecule has 3 unspecified atom stereocenters. The molecule has 1 aliphatic rings. The fraction of sp³-hybridized carbons (Fsp3) is 0.588. The number of rotatable bonds is 6. The molecule has 1 aromatic rings. The largest absolute Gasteiger partial charge is 0.461 e. The molecule has 3 atom stereocenters. The maximum absolute atomic E-state index is 11.9. The molecular weight excluding hydrogens is 250 g/mol. The highest BCUT2D eigenvalue weighted by Crippen LogP contribution is 2.24. The van der Waals surface area contributed by atoms with E-state index in [-0.39, 0.29) is 11.9 Å². The first kappa shape index (κ1) is 15.0. The van der Waals surface area contributed by atoms with Crippen molar-refractivity contribution >= 4 is 5.97 Å². The molecular formula is C17H25NO2. The minimum absolute atomic E-state index is 0.0912. The number of carbonyl (C=O) groups excluding carboxylic acids is 1. The Hall–Kier alpha value is -1.35. The molecule has 0 radical (unpaired) electrons. The summed E-state index contributed by atoms with van der Waals surface area (Å²) < 4.78 is 5.35. The number of benzene rings is 1. The van der Waals surface area contributed by atoms with Crippen LogP contribution in [0.15, 0.2) is 30.3 Å². The van der Waals surface area contributed by atoms with Crippen LogP contribution in [-0.4, -0.2) is 18.6 Å². The summed E-state index contributed by atoms with van der Waals surface area (Å²) in [6, 6.07) is 10.4. The highest BCUT2D eigenvalue weighted by molar-refractivity contribution is 5.72. The molecule has 0 heterocycles. The van der Waals surface area contributed by atoms with Gasteiger partial charge in [-0.25, -0.2) is 0 Å². The highest BCUT2D eigenvalue weighted by atomic mass is 16.5. The van der Waals surface area contributed by atoms with Crippen molar-refractivity contribution in [1.29, 1.82) is 0 Å². The van der Waals surface area contributed by atoms with Gasteiger partial charge in [-0.15, -0.1) is 0 Å². The minimum Gasteiger partial charge on any atom is -0.461 e. The van der Waals surface area contributed by atoms with E-state index in [1.54, 1.807) is 0 Å². The average molecular weight is 275 g/mol. The second-order valence-corrected chi connectivity index (χ2v) is 5.92. The van der Waals surface area contributed by atoms with Crippen LogP contribution in [0.2, 0.25) is 0 Å². The molecule has 1 N–H and O–H groups in total. The van der Waals surface area contributed by atoms with Crippen LogP contribution in [0, 0.1) is 11.8 Å². The van der Waals surface area contributed by atoms with Gasteiger partial charge in [-0.05, 0) is 24.3 Å². The first-order chi connectivity index (χ1) is 9.66. The Morgan fingerprint density at radius 1 is 1.35 bits per heavy atom. The van der Waals surface area contributed by atoms with E-state index < -0.39 is 0 Å². The van der Waals surface area contributed by atoms with Crippen LogP contribution in [0.5, 0.6) is 0 Å². The van der Waals surface area contributed by atoms with E-state index in [1.807, 2.05) is 37.3 Å². The lowest BCUT2D eigenvalue weighted by Gasteiger charge is -2.19. The standard InChI is InChI=1S/C17H25NO2/c1-13-7-6-10-16(13)18-11-14(2)17(19)20-12-15-8-4-3-5-9-15/h3-5,8-9,13-14,16,18H,6-7,10-12H2,1-2H3. The third-order valence-corrected chi connectivity index (χ3v) is 4.17. The normalized spacial score (nSPS) is 23.5. The van der Waals surface area contributed by atoms with Gasteiger partial charge in [0.2, 0.25) is 0 Å². The van der Waals surface area contributed by atoms with E-state index in [0.29, 0.717) is 19.2 Å². The minimum atomic E-state index is -0.119. The van der Waals surface area contributed by atoms with Crippen molar-refractivity contribution in [3.8, 4) is 0 Å². The van der Waals surface area contributed by atoms with E-state index in [0.717, 1.165) is 11.5 Å². The zero-order valence-electron chi connectivity index (χ0n) is 12.5. The number of nitrogens with one attached hydrogen (secondary N) is 1. The zero-order valence-corrected chi connectivity index (χ0v) is 12.5. The van der Waals surface area contributed by atoms with Gasteiger partial charge in [0.05, 0.1) is 5.92 Å². The van der Waals surface area contributed by atoms with E-state index in [4.69, 9.17) is 4.74 Å². The monoisotopic (exact) mass is 275 g/mol. The molecule has 0 bridgehead atoms. The smallest absolute Gasteiger partial charge is 0.310 e. The van der Waals surface area contributed by atoms with Gasteiger partial charge < -0.3 is 10.1 Å². The maximum atomic E-state index is 11.9. The lowest BCUT2D eigenvalue weighted by molar-refractivity contribution is -0.149. The third-order valence-electron chi connectivity index (χ3n) is 4.17. The molecule has 1 fully saturated rings. The van der Waals surface area contributed by atoms with Crippen LogP contribution in [0.25, 0.3) is 0 Å². The van der Waals surface area contributed by atoms with Crippen LogP contribution in [0.4, 0.5) is 0 Å². The van der Waals surface area contributed by atoms with Gasteiger partial charge in [0.1, 0.15) is 6.61 Å². The molecule has 1 aromatic carbocycles. The van der Waals surface area contributed by atoms with Gasteiger partial charge in [-0.3, -0.25) is 4.79 Å². The summed E-state index contributed by atoms with van der Waals surface area (Å²) in [5.41, 5.74) is 1.03. The molecule has 0 aliphatic heterocycles. The molecule has 0 aromatic heterocycles. The topological polar surface area (TPSA) is 38.3 Å². The Morgan fingerprint density at radius 2 is 2.10 bits per heavy atom. The highest BCUT2D eigenvalue weighted by Gasteiger charge is 2.24. The van der Waals surface area contributed by atoms with E-state index in [2.05, 4.69) is 12.2 Å². The summed E-state index contributed by atoms with van der Waals surface area (Å²) in [7, 11) is 0. The Bertz CT molecular complexity index is 418. The maximum Gasteiger partial charge on any atom is 0.310 e. The van der Waals surface area contributed by atoms with Crippen molar-refractivity contribution in [1.82, 2.24) is 5.32 Å². The summed E-state index contributed by atoms with van der Waals surface area (Å²) >= 11 is 0. The fourth-order valence-electron chi connectivity index (χ4n) is 2.73. The van der Waals surface area contributed by atoms with Crippen LogP contribution < -0.4 is 5.32 Å². The van der Waals surface area contributed by atoms with Crippen LogP contribution in [0.3, 0.4) is 0 Å². The number of ether oxygens (including phenoxy) is 1. The molecule has 3 nitrogen and oxygen atoms in total. The zero-order chi connectivity index (χ0) is 14.4. The van der Waals surface area contributed by atoms with Crippen LogP contribution >= 0.6 is 0 Å².